The lowest BCUT2D eigenvalue weighted by molar-refractivity contribution is -0.118. The summed E-state index contributed by atoms with van der Waals surface area (Å²) < 4.78 is 0. The van der Waals surface area contributed by atoms with E-state index in [0.29, 0.717) is 0 Å². The molecule has 1 rings (SSSR count). The third kappa shape index (κ3) is 2.87. The van der Waals surface area contributed by atoms with E-state index >= 15 is 0 Å². The van der Waals surface area contributed by atoms with Crippen LogP contribution >= 0.6 is 0 Å². The Hall–Kier alpha value is -1.31. The molecule has 0 saturated heterocycles. The summed E-state index contributed by atoms with van der Waals surface area (Å²) in [4.78, 5) is 11.4. The largest absolute Gasteiger partial charge is 0.326 e. The average molecular weight is 191 g/mol. The molecule has 1 aromatic carbocycles. The second-order valence-corrected chi connectivity index (χ2v) is 3.69. The second kappa shape index (κ2) is 4.80. The van der Waals surface area contributed by atoms with Gasteiger partial charge in [-0.2, -0.15) is 0 Å². The molecule has 0 aromatic heterocycles. The summed E-state index contributed by atoms with van der Waals surface area (Å²) in [6.45, 7) is 5.88. The quantitative estimate of drug-likeness (QED) is 0.782. The maximum absolute atomic E-state index is 11.4. The van der Waals surface area contributed by atoms with Gasteiger partial charge in [-0.1, -0.05) is 32.9 Å². The van der Waals surface area contributed by atoms with E-state index in [9.17, 15) is 4.79 Å². The van der Waals surface area contributed by atoms with E-state index in [1.165, 1.54) is 5.56 Å². The third-order valence-electron chi connectivity index (χ3n) is 2.15. The van der Waals surface area contributed by atoms with Crippen LogP contribution in [-0.4, -0.2) is 5.91 Å². The predicted octanol–water partition coefficient (Wildman–Crippen LogP) is 2.84. The molecule has 2 nitrogen and oxygen atoms in total. The molecule has 2 heteroatoms. The molecule has 0 atom stereocenters. The molecule has 0 aliphatic rings. The fourth-order valence-corrected chi connectivity index (χ4v) is 1.11. The first-order chi connectivity index (χ1) is 6.63. The minimum atomic E-state index is 0.0286. The number of amides is 1. The monoisotopic (exact) mass is 191 g/mol. The molecule has 0 heterocycles. The maximum Gasteiger partial charge on any atom is 0.226 e. The Balaban J connectivity index is 2.64. The molecule has 1 aromatic rings. The molecule has 0 aliphatic heterocycles. The van der Waals surface area contributed by atoms with Crippen molar-refractivity contribution in [1.29, 1.82) is 0 Å². The van der Waals surface area contributed by atoms with Gasteiger partial charge in [-0.25, -0.2) is 0 Å². The predicted molar refractivity (Wildman–Crippen MR) is 59.3 cm³/mol. The van der Waals surface area contributed by atoms with Crippen molar-refractivity contribution in [3.05, 3.63) is 29.8 Å². The van der Waals surface area contributed by atoms with Gasteiger partial charge in [0.05, 0.1) is 0 Å². The van der Waals surface area contributed by atoms with Gasteiger partial charge in [0.15, 0.2) is 0 Å². The van der Waals surface area contributed by atoms with Crippen molar-refractivity contribution in [2.45, 2.75) is 27.2 Å². The van der Waals surface area contributed by atoms with Crippen LogP contribution < -0.4 is 5.32 Å². The van der Waals surface area contributed by atoms with Crippen molar-refractivity contribution < 1.29 is 4.79 Å². The van der Waals surface area contributed by atoms with Gasteiger partial charge in [0, 0.05) is 11.6 Å². The van der Waals surface area contributed by atoms with E-state index in [4.69, 9.17) is 0 Å². The van der Waals surface area contributed by atoms with Crippen LogP contribution in [0.5, 0.6) is 0 Å². The molecule has 0 fully saturated rings. The second-order valence-electron chi connectivity index (χ2n) is 3.69. The van der Waals surface area contributed by atoms with Crippen LogP contribution in [-0.2, 0) is 11.2 Å². The number of rotatable bonds is 3. The van der Waals surface area contributed by atoms with Gasteiger partial charge in [0.2, 0.25) is 5.91 Å². The van der Waals surface area contributed by atoms with E-state index in [1.807, 2.05) is 38.1 Å². The van der Waals surface area contributed by atoms with Gasteiger partial charge in [-0.3, -0.25) is 4.79 Å². The van der Waals surface area contributed by atoms with Gasteiger partial charge < -0.3 is 5.32 Å². The lowest BCUT2D eigenvalue weighted by atomic mass is 10.1. The van der Waals surface area contributed by atoms with Crippen LogP contribution in [0.25, 0.3) is 0 Å². The highest BCUT2D eigenvalue weighted by molar-refractivity contribution is 5.91. The van der Waals surface area contributed by atoms with Crippen molar-refractivity contribution in [1.82, 2.24) is 0 Å². The van der Waals surface area contributed by atoms with Crippen LogP contribution in [0.15, 0.2) is 24.3 Å². The summed E-state index contributed by atoms with van der Waals surface area (Å²) in [5, 5.41) is 2.85. The summed E-state index contributed by atoms with van der Waals surface area (Å²) in [6.07, 6.45) is 1.03. The summed E-state index contributed by atoms with van der Waals surface area (Å²) in [5.41, 5.74) is 2.16. The fourth-order valence-electron chi connectivity index (χ4n) is 1.11. The summed E-state index contributed by atoms with van der Waals surface area (Å²) in [6, 6.07) is 7.96. The minimum absolute atomic E-state index is 0.0286. The normalized spacial score (nSPS) is 10.3. The van der Waals surface area contributed by atoms with Crippen LogP contribution in [0.1, 0.15) is 26.3 Å². The summed E-state index contributed by atoms with van der Waals surface area (Å²) in [5.74, 6) is 0.0927. The molecule has 14 heavy (non-hydrogen) atoms. The van der Waals surface area contributed by atoms with Crippen molar-refractivity contribution in [2.24, 2.45) is 5.92 Å². The Labute approximate surface area is 85.3 Å². The minimum Gasteiger partial charge on any atom is -0.326 e. The smallest absolute Gasteiger partial charge is 0.226 e. The number of anilines is 1. The molecule has 0 radical (unpaired) electrons. The molecule has 0 spiro atoms. The van der Waals surface area contributed by atoms with Gasteiger partial charge in [0.25, 0.3) is 0 Å². The van der Waals surface area contributed by atoms with Crippen LogP contribution in [0.2, 0.25) is 0 Å². The number of hydrogen-bond donors (Lipinski definition) is 1. The molecular weight excluding hydrogens is 174 g/mol. The van der Waals surface area contributed by atoms with Gasteiger partial charge in [-0.15, -0.1) is 0 Å². The zero-order valence-electron chi connectivity index (χ0n) is 9.00. The summed E-state index contributed by atoms with van der Waals surface area (Å²) >= 11 is 0. The van der Waals surface area contributed by atoms with E-state index in [2.05, 4.69) is 12.2 Å². The Bertz CT molecular complexity index is 301. The molecule has 0 aliphatic carbocycles. The van der Waals surface area contributed by atoms with Crippen molar-refractivity contribution in [3.8, 4) is 0 Å². The molecule has 1 N–H and O–H groups in total. The molecular formula is C12H17NO. The Morgan fingerprint density at radius 1 is 1.29 bits per heavy atom. The van der Waals surface area contributed by atoms with Crippen LogP contribution in [0, 0.1) is 5.92 Å². The highest BCUT2D eigenvalue weighted by Crippen LogP contribution is 2.10. The fraction of sp³-hybridized carbons (Fsp3) is 0.417. The molecule has 1 amide bonds. The third-order valence-corrected chi connectivity index (χ3v) is 2.15. The number of aryl methyl sites for hydroxylation is 1. The summed E-state index contributed by atoms with van der Waals surface area (Å²) in [7, 11) is 0. The highest BCUT2D eigenvalue weighted by Gasteiger charge is 2.06. The molecule has 76 valence electrons. The van der Waals surface area contributed by atoms with Crippen molar-refractivity contribution in [3.63, 3.8) is 0 Å². The number of hydrogen-bond acceptors (Lipinski definition) is 1. The molecule has 0 saturated carbocycles. The lowest BCUT2D eigenvalue weighted by Gasteiger charge is -2.07. The first-order valence-corrected chi connectivity index (χ1v) is 5.03. The van der Waals surface area contributed by atoms with Gasteiger partial charge in [0.1, 0.15) is 0 Å². The van der Waals surface area contributed by atoms with Gasteiger partial charge in [-0.05, 0) is 24.1 Å². The first kappa shape index (κ1) is 10.8. The van der Waals surface area contributed by atoms with E-state index in [0.717, 1.165) is 12.1 Å². The Kier molecular flexibility index (Phi) is 3.69. The topological polar surface area (TPSA) is 29.1 Å². The van der Waals surface area contributed by atoms with Crippen LogP contribution in [0.3, 0.4) is 0 Å². The van der Waals surface area contributed by atoms with Crippen molar-refractivity contribution >= 4 is 11.6 Å². The standard InChI is InChI=1S/C12H17NO/c1-4-10-5-7-11(8-6-10)13-12(14)9(2)3/h5-9H,4H2,1-3H3,(H,13,14). The molecule has 0 unspecified atom stereocenters. The maximum atomic E-state index is 11.4. The Morgan fingerprint density at radius 2 is 1.86 bits per heavy atom. The Morgan fingerprint density at radius 3 is 2.29 bits per heavy atom. The molecule has 0 bridgehead atoms. The van der Waals surface area contributed by atoms with E-state index in [1.54, 1.807) is 0 Å². The average Bonchev–Trinajstić information content (AvgIpc) is 2.19. The zero-order valence-corrected chi connectivity index (χ0v) is 9.00. The number of carbonyl (C=O) groups excluding carboxylic acids is 1. The lowest BCUT2D eigenvalue weighted by Crippen LogP contribution is -2.17. The van der Waals surface area contributed by atoms with Crippen molar-refractivity contribution in [2.75, 3.05) is 5.32 Å². The van der Waals surface area contributed by atoms with Gasteiger partial charge >= 0.3 is 0 Å². The van der Waals surface area contributed by atoms with E-state index in [-0.39, 0.29) is 11.8 Å². The number of benzene rings is 1. The SMILES string of the molecule is CCc1ccc(NC(=O)C(C)C)cc1. The first-order valence-electron chi connectivity index (χ1n) is 5.03. The van der Waals surface area contributed by atoms with Crippen LogP contribution in [0.4, 0.5) is 5.69 Å². The zero-order chi connectivity index (χ0) is 10.6. The highest BCUT2D eigenvalue weighted by atomic mass is 16.1. The number of nitrogens with one attached hydrogen (secondary N) is 1. The number of carbonyl (C=O) groups is 1. The van der Waals surface area contributed by atoms with E-state index < -0.39 is 0 Å².